The molecule has 1 atom stereocenters. The van der Waals surface area contributed by atoms with E-state index in [0.717, 1.165) is 0 Å². The van der Waals surface area contributed by atoms with Crippen molar-refractivity contribution in [2.24, 2.45) is 5.92 Å². The lowest BCUT2D eigenvalue weighted by molar-refractivity contribution is -0.134. The fraction of sp³-hybridized carbons (Fsp3) is 0.467. The number of halogens is 1. The van der Waals surface area contributed by atoms with Crippen LogP contribution in [-0.4, -0.2) is 30.3 Å². The lowest BCUT2D eigenvalue weighted by Crippen LogP contribution is -2.30. The van der Waals surface area contributed by atoms with E-state index in [9.17, 15) is 14.0 Å². The summed E-state index contributed by atoms with van der Waals surface area (Å²) >= 11 is 0. The number of anilines is 1. The zero-order valence-corrected chi connectivity index (χ0v) is 11.9. The maximum absolute atomic E-state index is 13.8. The van der Waals surface area contributed by atoms with E-state index >= 15 is 0 Å². The van der Waals surface area contributed by atoms with Gasteiger partial charge in [-0.25, -0.2) is 4.39 Å². The van der Waals surface area contributed by atoms with E-state index in [1.165, 1.54) is 11.0 Å². The van der Waals surface area contributed by atoms with E-state index in [-0.39, 0.29) is 23.5 Å². The maximum atomic E-state index is 13.8. The Kier molecular flexibility index (Phi) is 4.06. The number of nitrogens with one attached hydrogen (secondary N) is 1. The summed E-state index contributed by atoms with van der Waals surface area (Å²) in [6, 6.07) is 4.63. The summed E-state index contributed by atoms with van der Waals surface area (Å²) in [6.07, 6.45) is 0.508. The SMILES string of the molecule is CC(C)c1ccc(NC(=O)C2CCN(C)C2=O)cc1F. The quantitative estimate of drug-likeness (QED) is 0.863. The molecule has 1 unspecified atom stereocenters. The fourth-order valence-electron chi connectivity index (χ4n) is 2.37. The van der Waals surface area contributed by atoms with Gasteiger partial charge in [-0.1, -0.05) is 19.9 Å². The highest BCUT2D eigenvalue weighted by Gasteiger charge is 2.34. The topological polar surface area (TPSA) is 49.4 Å². The lowest BCUT2D eigenvalue weighted by Gasteiger charge is -2.12. The van der Waals surface area contributed by atoms with Crippen LogP contribution in [0.4, 0.5) is 10.1 Å². The largest absolute Gasteiger partial charge is 0.345 e. The van der Waals surface area contributed by atoms with Crippen LogP contribution in [0.25, 0.3) is 0 Å². The Bertz CT molecular complexity index is 543. The Balaban J connectivity index is 2.09. The number of carbonyl (C=O) groups is 2. The fourth-order valence-corrected chi connectivity index (χ4v) is 2.37. The summed E-state index contributed by atoms with van der Waals surface area (Å²) in [6.45, 7) is 4.39. The van der Waals surface area contributed by atoms with Gasteiger partial charge in [-0.05, 0) is 30.0 Å². The number of rotatable bonds is 3. The Morgan fingerprint density at radius 3 is 2.65 bits per heavy atom. The molecule has 4 nitrogen and oxygen atoms in total. The van der Waals surface area contributed by atoms with Gasteiger partial charge in [0.15, 0.2) is 0 Å². The zero-order valence-electron chi connectivity index (χ0n) is 11.9. The first-order valence-electron chi connectivity index (χ1n) is 6.75. The number of carbonyl (C=O) groups excluding carboxylic acids is 2. The van der Waals surface area contributed by atoms with Crippen molar-refractivity contribution in [3.8, 4) is 0 Å². The van der Waals surface area contributed by atoms with E-state index in [4.69, 9.17) is 0 Å². The number of likely N-dealkylation sites (tertiary alicyclic amines) is 1. The third-order valence-corrected chi connectivity index (χ3v) is 3.63. The minimum Gasteiger partial charge on any atom is -0.345 e. The molecule has 2 rings (SSSR count). The molecule has 1 aromatic carbocycles. The van der Waals surface area contributed by atoms with Gasteiger partial charge in [0, 0.05) is 19.3 Å². The molecular weight excluding hydrogens is 259 g/mol. The van der Waals surface area contributed by atoms with Crippen LogP contribution in [0.3, 0.4) is 0 Å². The maximum Gasteiger partial charge on any atom is 0.237 e. The van der Waals surface area contributed by atoms with Crippen molar-refractivity contribution in [2.75, 3.05) is 18.9 Å². The second-order valence-corrected chi connectivity index (χ2v) is 5.48. The summed E-state index contributed by atoms with van der Waals surface area (Å²) in [5.41, 5.74) is 0.999. The van der Waals surface area contributed by atoms with Gasteiger partial charge in [0.1, 0.15) is 11.7 Å². The van der Waals surface area contributed by atoms with Gasteiger partial charge in [0.25, 0.3) is 0 Å². The molecule has 1 aliphatic rings. The van der Waals surface area contributed by atoms with Crippen LogP contribution >= 0.6 is 0 Å². The molecule has 1 saturated heterocycles. The van der Waals surface area contributed by atoms with Crippen LogP contribution in [-0.2, 0) is 9.59 Å². The number of hydrogen-bond acceptors (Lipinski definition) is 2. The second-order valence-electron chi connectivity index (χ2n) is 5.48. The molecule has 1 aromatic rings. The molecule has 1 heterocycles. The van der Waals surface area contributed by atoms with Crippen LogP contribution in [0, 0.1) is 11.7 Å². The molecule has 1 aliphatic heterocycles. The van der Waals surface area contributed by atoms with E-state index in [1.807, 2.05) is 13.8 Å². The number of nitrogens with zero attached hydrogens (tertiary/aromatic N) is 1. The highest BCUT2D eigenvalue weighted by Crippen LogP contribution is 2.23. The number of amides is 2. The minimum atomic E-state index is -0.659. The smallest absolute Gasteiger partial charge is 0.237 e. The number of benzene rings is 1. The first kappa shape index (κ1) is 14.5. The Morgan fingerprint density at radius 2 is 2.15 bits per heavy atom. The molecule has 1 fully saturated rings. The first-order chi connectivity index (χ1) is 9.40. The van der Waals surface area contributed by atoms with E-state index in [0.29, 0.717) is 24.2 Å². The average Bonchev–Trinajstić information content (AvgIpc) is 2.69. The van der Waals surface area contributed by atoms with Crippen molar-refractivity contribution in [2.45, 2.75) is 26.2 Å². The van der Waals surface area contributed by atoms with Gasteiger partial charge in [-0.3, -0.25) is 9.59 Å². The molecule has 0 aliphatic carbocycles. The second kappa shape index (κ2) is 5.61. The summed E-state index contributed by atoms with van der Waals surface area (Å²) < 4.78 is 13.8. The van der Waals surface area contributed by atoms with Crippen molar-refractivity contribution in [1.29, 1.82) is 0 Å². The molecule has 2 amide bonds. The molecule has 108 valence electrons. The van der Waals surface area contributed by atoms with E-state index in [1.54, 1.807) is 19.2 Å². The van der Waals surface area contributed by atoms with Gasteiger partial charge < -0.3 is 10.2 Å². The molecule has 0 spiro atoms. The Labute approximate surface area is 118 Å². The molecule has 0 bridgehead atoms. The molecule has 0 radical (unpaired) electrons. The van der Waals surface area contributed by atoms with Crippen LogP contribution in [0.2, 0.25) is 0 Å². The summed E-state index contributed by atoms with van der Waals surface area (Å²) in [4.78, 5) is 25.3. The van der Waals surface area contributed by atoms with Gasteiger partial charge in [-0.2, -0.15) is 0 Å². The predicted octanol–water partition coefficient (Wildman–Crippen LogP) is 2.37. The van der Waals surface area contributed by atoms with Crippen LogP contribution in [0.15, 0.2) is 18.2 Å². The molecule has 1 N–H and O–H groups in total. The average molecular weight is 278 g/mol. The molecule has 0 saturated carbocycles. The highest BCUT2D eigenvalue weighted by atomic mass is 19.1. The van der Waals surface area contributed by atoms with Crippen LogP contribution in [0.5, 0.6) is 0 Å². The van der Waals surface area contributed by atoms with E-state index < -0.39 is 5.92 Å². The van der Waals surface area contributed by atoms with Crippen LogP contribution in [0.1, 0.15) is 31.7 Å². The monoisotopic (exact) mass is 278 g/mol. The lowest BCUT2D eigenvalue weighted by atomic mass is 10.0. The highest BCUT2D eigenvalue weighted by molar-refractivity contribution is 6.07. The summed E-state index contributed by atoms with van der Waals surface area (Å²) in [5, 5.41) is 2.62. The van der Waals surface area contributed by atoms with Crippen LogP contribution < -0.4 is 5.32 Å². The molecule has 20 heavy (non-hydrogen) atoms. The summed E-state index contributed by atoms with van der Waals surface area (Å²) in [5.74, 6) is -1.46. The molecule has 5 heteroatoms. The van der Waals surface area contributed by atoms with Crippen molar-refractivity contribution in [3.05, 3.63) is 29.6 Å². The summed E-state index contributed by atoms with van der Waals surface area (Å²) in [7, 11) is 1.67. The van der Waals surface area contributed by atoms with Crippen molar-refractivity contribution >= 4 is 17.5 Å². The van der Waals surface area contributed by atoms with Crippen molar-refractivity contribution in [1.82, 2.24) is 4.90 Å². The first-order valence-corrected chi connectivity index (χ1v) is 6.75. The minimum absolute atomic E-state index is 0.0878. The standard InChI is InChI=1S/C15H19FN2O2/c1-9(2)11-5-4-10(8-13(11)16)17-14(19)12-6-7-18(3)15(12)20/h4-5,8-9,12H,6-7H2,1-3H3,(H,17,19). The Morgan fingerprint density at radius 1 is 1.45 bits per heavy atom. The van der Waals surface area contributed by atoms with Gasteiger partial charge in [-0.15, -0.1) is 0 Å². The molecule has 0 aromatic heterocycles. The third kappa shape index (κ3) is 2.81. The van der Waals surface area contributed by atoms with Gasteiger partial charge >= 0.3 is 0 Å². The van der Waals surface area contributed by atoms with Crippen molar-refractivity contribution < 1.29 is 14.0 Å². The third-order valence-electron chi connectivity index (χ3n) is 3.63. The van der Waals surface area contributed by atoms with Crippen molar-refractivity contribution in [3.63, 3.8) is 0 Å². The normalized spacial score (nSPS) is 18.8. The number of hydrogen-bond donors (Lipinski definition) is 1. The zero-order chi connectivity index (χ0) is 14.9. The Hall–Kier alpha value is -1.91. The molecular formula is C15H19FN2O2. The van der Waals surface area contributed by atoms with E-state index in [2.05, 4.69) is 5.32 Å². The van der Waals surface area contributed by atoms with Gasteiger partial charge in [0.2, 0.25) is 11.8 Å². The predicted molar refractivity (Wildman–Crippen MR) is 74.9 cm³/mol. The van der Waals surface area contributed by atoms with Gasteiger partial charge in [0.05, 0.1) is 0 Å².